The van der Waals surface area contributed by atoms with E-state index in [1.165, 1.54) is 49.2 Å². The summed E-state index contributed by atoms with van der Waals surface area (Å²) in [6.07, 6.45) is 2.02. The molecular formula is C60H45N6OPt-3. The van der Waals surface area contributed by atoms with Crippen molar-refractivity contribution in [1.29, 1.82) is 0 Å². The zero-order chi connectivity index (χ0) is 45.1. The monoisotopic (exact) mass is 1060 g/mol. The van der Waals surface area contributed by atoms with Crippen molar-refractivity contribution >= 4 is 88.2 Å². The van der Waals surface area contributed by atoms with Gasteiger partial charge in [0.15, 0.2) is 0 Å². The largest absolute Gasteiger partial charge is 0.509 e. The molecule has 68 heavy (non-hydrogen) atoms. The number of pyridine rings is 1. The molecule has 0 radical (unpaired) electrons. The second kappa shape index (κ2) is 15.8. The Morgan fingerprint density at radius 1 is 0.529 bits per heavy atom. The summed E-state index contributed by atoms with van der Waals surface area (Å²) in [6, 6.07) is 67.3. The van der Waals surface area contributed by atoms with E-state index >= 15 is 0 Å². The fourth-order valence-electron chi connectivity index (χ4n) is 10.6. The van der Waals surface area contributed by atoms with Crippen LogP contribution in [0.4, 0.5) is 22.7 Å². The number of hydrogen-bond donors (Lipinski definition) is 0. The van der Waals surface area contributed by atoms with E-state index in [4.69, 9.17) is 9.72 Å². The van der Waals surface area contributed by atoms with Crippen LogP contribution >= 0.6 is 0 Å². The van der Waals surface area contributed by atoms with Crippen LogP contribution in [0.5, 0.6) is 11.5 Å². The predicted molar refractivity (Wildman–Crippen MR) is 276 cm³/mol. The van der Waals surface area contributed by atoms with Gasteiger partial charge in [-0.2, -0.15) is 12.1 Å². The summed E-state index contributed by atoms with van der Waals surface area (Å²) in [6.45, 7) is 9.00. The fraction of sp³-hybridized carbons (Fsp3) is 0.100. The van der Waals surface area contributed by atoms with E-state index in [1.807, 2.05) is 24.4 Å². The van der Waals surface area contributed by atoms with E-state index in [0.29, 0.717) is 11.5 Å². The van der Waals surface area contributed by atoms with Crippen molar-refractivity contribution in [3.8, 4) is 28.4 Å². The number of para-hydroxylation sites is 5. The molecule has 0 saturated heterocycles. The van der Waals surface area contributed by atoms with E-state index in [-0.39, 0.29) is 26.5 Å². The first-order chi connectivity index (χ1) is 32.7. The number of aromatic nitrogens is 4. The third-order valence-electron chi connectivity index (χ3n) is 13.7. The number of aryl methyl sites for hydroxylation is 2. The van der Waals surface area contributed by atoms with Crippen LogP contribution in [0.1, 0.15) is 26.3 Å². The molecule has 0 atom stereocenters. The molecule has 8 heteroatoms. The first kappa shape index (κ1) is 41.8. The van der Waals surface area contributed by atoms with Crippen molar-refractivity contribution in [2.24, 2.45) is 14.1 Å². The van der Waals surface area contributed by atoms with Crippen molar-refractivity contribution in [1.82, 2.24) is 18.7 Å². The average Bonchev–Trinajstić information content (AvgIpc) is 4.07. The standard InChI is InChI=1S/C60H45N6O.Pt/c1-60(2,3)49-35-56(61-36-48(49)38-18-7-6-8-19-38)66-52-27-14-11-22-42(52)45-31-30-41(33-55(45)66)67-40-21-17-20-39(32-40)64-37-65(54-29-16-15-28-53(54)64)59-57-46(43-23-9-12-25-50(43)62(57)4)34-47-44-24-10-13-26-51(44)63(5)58(47)59;/h6-31,34-37H,1-5H3;/q-3;. The maximum atomic E-state index is 6.74. The molecule has 1 aliphatic rings. The van der Waals surface area contributed by atoms with Gasteiger partial charge in [0.25, 0.3) is 0 Å². The van der Waals surface area contributed by atoms with Gasteiger partial charge >= 0.3 is 0 Å². The molecule has 0 fully saturated rings. The minimum atomic E-state index is -0.129. The quantitative estimate of drug-likeness (QED) is 0.156. The zero-order valence-corrected chi connectivity index (χ0v) is 40.5. The van der Waals surface area contributed by atoms with Crippen molar-refractivity contribution in [3.05, 3.63) is 200 Å². The number of hydrogen-bond acceptors (Lipinski definition) is 4. The Morgan fingerprint density at radius 2 is 1.10 bits per heavy atom. The van der Waals surface area contributed by atoms with Crippen LogP contribution in [0.25, 0.3) is 82.4 Å². The summed E-state index contributed by atoms with van der Waals surface area (Å²) in [7, 11) is 4.37. The molecule has 0 unspecified atom stereocenters. The molecule has 8 aromatic carbocycles. The second-order valence-corrected chi connectivity index (χ2v) is 18.7. The molecule has 5 heterocycles. The van der Waals surface area contributed by atoms with Crippen molar-refractivity contribution in [2.75, 3.05) is 9.80 Å². The summed E-state index contributed by atoms with van der Waals surface area (Å²) in [4.78, 5) is 9.72. The Morgan fingerprint density at radius 3 is 1.76 bits per heavy atom. The molecule has 334 valence electrons. The third kappa shape index (κ3) is 6.33. The second-order valence-electron chi connectivity index (χ2n) is 18.7. The van der Waals surface area contributed by atoms with E-state index in [9.17, 15) is 0 Å². The van der Waals surface area contributed by atoms with Gasteiger partial charge in [-0.25, -0.2) is 4.98 Å². The number of anilines is 4. The Hall–Kier alpha value is -7.60. The number of nitrogens with zero attached hydrogens (tertiary/aromatic N) is 6. The Bertz CT molecular complexity index is 3870. The van der Waals surface area contributed by atoms with Crippen LogP contribution in [0, 0.1) is 18.8 Å². The van der Waals surface area contributed by atoms with Gasteiger partial charge < -0.3 is 28.2 Å². The van der Waals surface area contributed by atoms with Gasteiger partial charge in [0.2, 0.25) is 0 Å². The Labute approximate surface area is 409 Å². The first-order valence-corrected chi connectivity index (χ1v) is 22.8. The molecular weight excluding hydrogens is 1020 g/mol. The van der Waals surface area contributed by atoms with E-state index in [0.717, 1.165) is 61.5 Å². The normalized spacial score (nSPS) is 12.8. The van der Waals surface area contributed by atoms with Gasteiger partial charge in [-0.05, 0) is 64.4 Å². The van der Waals surface area contributed by atoms with Gasteiger partial charge in [0.05, 0.1) is 16.7 Å². The Kier molecular flexibility index (Phi) is 9.68. The van der Waals surface area contributed by atoms with Crippen LogP contribution in [0.2, 0.25) is 0 Å². The molecule has 0 spiro atoms. The molecule has 0 aliphatic carbocycles. The SMILES string of the molecule is Cn1c2ccccc2c2cc3c4ccccc4n(C)c3c(N3[CH-]N(c4[c-]c(Oc5[c-]c6c(cc5)c5ccccc5n6-c5cc(C(C)(C)C)c(-c6ccccc6)cn5)ccc4)c4ccccc43)c21.[Pt]. The third-order valence-corrected chi connectivity index (χ3v) is 13.7. The summed E-state index contributed by atoms with van der Waals surface area (Å²) < 4.78 is 13.7. The maximum absolute atomic E-state index is 6.74. The van der Waals surface area contributed by atoms with Crippen LogP contribution in [0.15, 0.2) is 176 Å². The summed E-state index contributed by atoms with van der Waals surface area (Å²) in [5, 5.41) is 7.14. The molecule has 0 bridgehead atoms. The zero-order valence-electron chi connectivity index (χ0n) is 38.2. The molecule has 7 nitrogen and oxygen atoms in total. The molecule has 0 amide bonds. The van der Waals surface area contributed by atoms with Gasteiger partial charge in [-0.15, -0.1) is 48.1 Å². The first-order valence-electron chi connectivity index (χ1n) is 22.8. The van der Waals surface area contributed by atoms with E-state index < -0.39 is 0 Å². The fourth-order valence-corrected chi connectivity index (χ4v) is 10.6. The number of benzene rings is 8. The smallest absolute Gasteiger partial charge is 0.135 e. The van der Waals surface area contributed by atoms with Gasteiger partial charge in [0.1, 0.15) is 5.82 Å². The van der Waals surface area contributed by atoms with Crippen LogP contribution in [0.3, 0.4) is 0 Å². The van der Waals surface area contributed by atoms with Gasteiger partial charge in [-0.3, -0.25) is 0 Å². The number of ether oxygens (including phenoxy) is 1. The summed E-state index contributed by atoms with van der Waals surface area (Å²) in [5.74, 6) is 2.02. The molecule has 0 N–H and O–H groups in total. The predicted octanol–water partition coefficient (Wildman–Crippen LogP) is 15.2. The van der Waals surface area contributed by atoms with Gasteiger partial charge in [-0.1, -0.05) is 123 Å². The summed E-state index contributed by atoms with van der Waals surface area (Å²) in [5.41, 5.74) is 14.2. The Balaban J connectivity index is 0.00000480. The van der Waals surface area contributed by atoms with Crippen LogP contribution in [-0.2, 0) is 40.6 Å². The number of fused-ring (bicyclic) bond motifs is 10. The van der Waals surface area contributed by atoms with Gasteiger partial charge in [0, 0.05) is 108 Å². The van der Waals surface area contributed by atoms with E-state index in [2.05, 4.69) is 229 Å². The van der Waals surface area contributed by atoms with Crippen molar-refractivity contribution in [2.45, 2.75) is 26.2 Å². The van der Waals surface area contributed by atoms with Crippen LogP contribution in [-0.4, -0.2) is 18.7 Å². The molecule has 4 aromatic heterocycles. The molecule has 1 aliphatic heterocycles. The van der Waals surface area contributed by atoms with Crippen molar-refractivity contribution in [3.63, 3.8) is 0 Å². The van der Waals surface area contributed by atoms with Crippen molar-refractivity contribution < 1.29 is 25.8 Å². The molecule has 13 rings (SSSR count). The molecule has 12 aromatic rings. The topological polar surface area (TPSA) is 43.4 Å². The minimum absolute atomic E-state index is 0. The average molecular weight is 1060 g/mol. The molecule has 0 saturated carbocycles. The summed E-state index contributed by atoms with van der Waals surface area (Å²) >= 11 is 0. The maximum Gasteiger partial charge on any atom is 0.135 e. The van der Waals surface area contributed by atoms with Crippen LogP contribution < -0.4 is 14.5 Å². The van der Waals surface area contributed by atoms with E-state index in [1.54, 1.807) is 0 Å². The minimum Gasteiger partial charge on any atom is -0.509 e. The number of rotatable bonds is 6.